The van der Waals surface area contributed by atoms with Crippen molar-refractivity contribution in [1.29, 1.82) is 0 Å². The fourth-order valence-corrected chi connectivity index (χ4v) is 3.56. The van der Waals surface area contributed by atoms with Crippen molar-refractivity contribution in [1.82, 2.24) is 0 Å². The number of halogens is 2. The molecule has 0 aliphatic carbocycles. The Kier molecular flexibility index (Phi) is 7.11. The first-order valence-corrected chi connectivity index (χ1v) is 10.2. The third-order valence-electron chi connectivity index (χ3n) is 5.02. The van der Waals surface area contributed by atoms with E-state index in [0.29, 0.717) is 30.0 Å². The van der Waals surface area contributed by atoms with E-state index in [2.05, 4.69) is 0 Å². The molecular weight excluding hydrogens is 403 g/mol. The van der Waals surface area contributed by atoms with Gasteiger partial charge in [0.2, 0.25) is 0 Å². The standard InChI is InChI=1S/C25H24ClFO3/c1-3-21(28)15-30-22-10-16(2)23(24(26)14-22)13-18-6-9-25(29)19(12-18)11-17-4-7-20(27)8-5-17/h4-10,12,14,29H,3,11,13,15H2,1-2H3. The second-order valence-corrected chi connectivity index (χ2v) is 7.73. The molecule has 0 bridgehead atoms. The summed E-state index contributed by atoms with van der Waals surface area (Å²) in [6.45, 7) is 3.79. The molecule has 156 valence electrons. The van der Waals surface area contributed by atoms with Gasteiger partial charge in [-0.25, -0.2) is 4.39 Å². The molecule has 3 aromatic carbocycles. The predicted octanol–water partition coefficient (Wildman–Crippen LogP) is 6.03. The fourth-order valence-electron chi connectivity index (χ4n) is 3.23. The molecule has 3 aromatic rings. The van der Waals surface area contributed by atoms with Gasteiger partial charge in [-0.2, -0.15) is 0 Å². The molecule has 5 heteroatoms. The topological polar surface area (TPSA) is 46.5 Å². The van der Waals surface area contributed by atoms with Gasteiger partial charge < -0.3 is 9.84 Å². The van der Waals surface area contributed by atoms with E-state index in [4.69, 9.17) is 16.3 Å². The number of aryl methyl sites for hydroxylation is 1. The van der Waals surface area contributed by atoms with Crippen LogP contribution in [0.25, 0.3) is 0 Å². The Morgan fingerprint density at radius 1 is 1.03 bits per heavy atom. The van der Waals surface area contributed by atoms with Crippen LogP contribution in [0.2, 0.25) is 5.02 Å². The number of carbonyl (C=O) groups excluding carboxylic acids is 1. The highest BCUT2D eigenvalue weighted by molar-refractivity contribution is 6.31. The summed E-state index contributed by atoms with van der Waals surface area (Å²) in [5.74, 6) is 0.528. The number of phenols is 1. The Morgan fingerprint density at radius 3 is 2.40 bits per heavy atom. The van der Waals surface area contributed by atoms with Crippen LogP contribution in [0.5, 0.6) is 11.5 Å². The second kappa shape index (κ2) is 9.77. The first-order chi connectivity index (χ1) is 14.4. The molecule has 0 aromatic heterocycles. The average Bonchev–Trinajstić information content (AvgIpc) is 2.72. The molecule has 3 rings (SSSR count). The summed E-state index contributed by atoms with van der Waals surface area (Å²) in [6, 6.07) is 15.3. The molecule has 1 N–H and O–H groups in total. The van der Waals surface area contributed by atoms with Crippen molar-refractivity contribution < 1.29 is 19.0 Å². The monoisotopic (exact) mass is 426 g/mol. The Labute approximate surface area is 181 Å². The number of Topliss-reactive ketones (excluding diaryl/α,β-unsaturated/α-hetero) is 1. The molecule has 0 fully saturated rings. The summed E-state index contributed by atoms with van der Waals surface area (Å²) in [4.78, 5) is 11.5. The Morgan fingerprint density at radius 2 is 1.73 bits per heavy atom. The van der Waals surface area contributed by atoms with Gasteiger partial charge in [0.15, 0.2) is 5.78 Å². The highest BCUT2D eigenvalue weighted by atomic mass is 35.5. The molecule has 0 saturated heterocycles. The van der Waals surface area contributed by atoms with E-state index in [-0.39, 0.29) is 24.0 Å². The average molecular weight is 427 g/mol. The zero-order valence-corrected chi connectivity index (χ0v) is 17.8. The van der Waals surface area contributed by atoms with Gasteiger partial charge in [-0.3, -0.25) is 4.79 Å². The number of ether oxygens (including phenoxy) is 1. The maximum Gasteiger partial charge on any atom is 0.169 e. The highest BCUT2D eigenvalue weighted by Gasteiger charge is 2.12. The molecule has 0 saturated carbocycles. The summed E-state index contributed by atoms with van der Waals surface area (Å²) < 4.78 is 18.7. The number of phenolic OH excluding ortho intramolecular Hbond substituents is 1. The molecular formula is C25H24ClFO3. The van der Waals surface area contributed by atoms with E-state index >= 15 is 0 Å². The molecule has 0 atom stereocenters. The highest BCUT2D eigenvalue weighted by Crippen LogP contribution is 2.30. The molecule has 0 heterocycles. The predicted molar refractivity (Wildman–Crippen MR) is 117 cm³/mol. The van der Waals surface area contributed by atoms with Gasteiger partial charge in [0.1, 0.15) is 23.9 Å². The minimum atomic E-state index is -0.284. The second-order valence-electron chi connectivity index (χ2n) is 7.32. The van der Waals surface area contributed by atoms with Crippen molar-refractivity contribution in [2.45, 2.75) is 33.1 Å². The van der Waals surface area contributed by atoms with Gasteiger partial charge in [-0.05, 0) is 71.5 Å². The minimum Gasteiger partial charge on any atom is -0.508 e. The third kappa shape index (κ3) is 5.61. The van der Waals surface area contributed by atoms with E-state index < -0.39 is 0 Å². The van der Waals surface area contributed by atoms with Crippen molar-refractivity contribution in [3.05, 3.63) is 93.3 Å². The number of carbonyl (C=O) groups is 1. The number of hydrogen-bond donors (Lipinski definition) is 1. The van der Waals surface area contributed by atoms with Crippen molar-refractivity contribution in [3.8, 4) is 11.5 Å². The van der Waals surface area contributed by atoms with Crippen LogP contribution in [-0.4, -0.2) is 17.5 Å². The van der Waals surface area contributed by atoms with E-state index in [0.717, 1.165) is 27.8 Å². The lowest BCUT2D eigenvalue weighted by molar-refractivity contribution is -0.120. The maximum absolute atomic E-state index is 13.1. The third-order valence-corrected chi connectivity index (χ3v) is 5.36. The van der Waals surface area contributed by atoms with Crippen molar-refractivity contribution in [3.63, 3.8) is 0 Å². The molecule has 3 nitrogen and oxygen atoms in total. The normalized spacial score (nSPS) is 10.8. The SMILES string of the molecule is CCC(=O)COc1cc(C)c(Cc2ccc(O)c(Cc3ccc(F)cc3)c2)c(Cl)c1. The van der Waals surface area contributed by atoms with Crippen molar-refractivity contribution >= 4 is 17.4 Å². The zero-order chi connectivity index (χ0) is 21.7. The maximum atomic E-state index is 13.1. The van der Waals surface area contributed by atoms with Crippen LogP contribution in [0, 0.1) is 12.7 Å². The van der Waals surface area contributed by atoms with Crippen LogP contribution in [-0.2, 0) is 17.6 Å². The van der Waals surface area contributed by atoms with Crippen molar-refractivity contribution in [2.24, 2.45) is 0 Å². The summed E-state index contributed by atoms with van der Waals surface area (Å²) in [6.07, 6.45) is 1.53. The van der Waals surface area contributed by atoms with Crippen LogP contribution in [0.4, 0.5) is 4.39 Å². The van der Waals surface area contributed by atoms with Crippen LogP contribution >= 0.6 is 11.6 Å². The summed E-state index contributed by atoms with van der Waals surface area (Å²) in [5, 5.41) is 10.8. The van der Waals surface area contributed by atoms with Crippen LogP contribution in [0.1, 0.15) is 41.2 Å². The van der Waals surface area contributed by atoms with Gasteiger partial charge >= 0.3 is 0 Å². The van der Waals surface area contributed by atoms with Crippen molar-refractivity contribution in [2.75, 3.05) is 6.61 Å². The number of hydrogen-bond acceptors (Lipinski definition) is 3. The summed E-state index contributed by atoms with van der Waals surface area (Å²) in [7, 11) is 0. The summed E-state index contributed by atoms with van der Waals surface area (Å²) in [5.41, 5.74) is 4.62. The molecule has 0 radical (unpaired) electrons. The fraction of sp³-hybridized carbons (Fsp3) is 0.240. The van der Waals surface area contributed by atoms with E-state index in [9.17, 15) is 14.3 Å². The minimum absolute atomic E-state index is 0.0330. The zero-order valence-electron chi connectivity index (χ0n) is 17.0. The smallest absolute Gasteiger partial charge is 0.169 e. The van der Waals surface area contributed by atoms with Gasteiger partial charge in [0, 0.05) is 17.9 Å². The van der Waals surface area contributed by atoms with E-state index in [1.165, 1.54) is 12.1 Å². The van der Waals surface area contributed by atoms with E-state index in [1.54, 1.807) is 31.2 Å². The summed E-state index contributed by atoms with van der Waals surface area (Å²) >= 11 is 6.50. The lowest BCUT2D eigenvalue weighted by Gasteiger charge is -2.14. The quantitative estimate of drug-likeness (QED) is 0.478. The molecule has 0 spiro atoms. The van der Waals surface area contributed by atoms with Gasteiger partial charge in [-0.15, -0.1) is 0 Å². The largest absolute Gasteiger partial charge is 0.508 e. The number of benzene rings is 3. The molecule has 30 heavy (non-hydrogen) atoms. The van der Waals surface area contributed by atoms with Crippen LogP contribution in [0.15, 0.2) is 54.6 Å². The number of ketones is 1. The molecule has 0 aliphatic rings. The van der Waals surface area contributed by atoms with Gasteiger partial charge in [-0.1, -0.05) is 42.8 Å². The number of rotatable bonds is 8. The molecule has 0 unspecified atom stereocenters. The Bertz CT molecular complexity index is 1020. The first kappa shape index (κ1) is 21.8. The van der Waals surface area contributed by atoms with Crippen LogP contribution < -0.4 is 4.74 Å². The number of aromatic hydroxyl groups is 1. The van der Waals surface area contributed by atoms with E-state index in [1.807, 2.05) is 25.1 Å². The molecule has 0 amide bonds. The first-order valence-electron chi connectivity index (χ1n) is 9.84. The Hall–Kier alpha value is -2.85. The van der Waals surface area contributed by atoms with Gasteiger partial charge in [0.05, 0.1) is 0 Å². The lowest BCUT2D eigenvalue weighted by atomic mass is 9.96. The Balaban J connectivity index is 1.78. The molecule has 0 aliphatic heterocycles. The van der Waals surface area contributed by atoms with Gasteiger partial charge in [0.25, 0.3) is 0 Å². The lowest BCUT2D eigenvalue weighted by Crippen LogP contribution is -2.09. The van der Waals surface area contributed by atoms with Crippen LogP contribution in [0.3, 0.4) is 0 Å².